The molecule has 0 bridgehead atoms. The maximum atomic E-state index is 11.9. The lowest BCUT2D eigenvalue weighted by Gasteiger charge is -2.19. The number of carbonyl (C=O) groups excluding carboxylic acids is 1. The van der Waals surface area contributed by atoms with E-state index in [-0.39, 0.29) is 12.5 Å². The fourth-order valence-electron chi connectivity index (χ4n) is 1.80. The van der Waals surface area contributed by atoms with Crippen molar-refractivity contribution in [3.8, 4) is 5.75 Å². The second-order valence-electron chi connectivity index (χ2n) is 4.70. The molecule has 1 aromatic rings. The van der Waals surface area contributed by atoms with Crippen LogP contribution in [0.3, 0.4) is 0 Å². The summed E-state index contributed by atoms with van der Waals surface area (Å²) >= 11 is 3.49. The molecule has 1 aromatic carbocycles. The van der Waals surface area contributed by atoms with Crippen LogP contribution in [0.2, 0.25) is 0 Å². The molecule has 0 saturated carbocycles. The minimum atomic E-state index is 0.0184. The molecule has 0 atom stereocenters. The van der Waals surface area contributed by atoms with E-state index >= 15 is 0 Å². The van der Waals surface area contributed by atoms with E-state index in [1.165, 1.54) is 5.56 Å². The molecule has 1 amide bonds. The van der Waals surface area contributed by atoms with Gasteiger partial charge < -0.3 is 9.64 Å². The van der Waals surface area contributed by atoms with E-state index in [2.05, 4.69) is 29.8 Å². The van der Waals surface area contributed by atoms with Crippen LogP contribution in [0, 0.1) is 0 Å². The van der Waals surface area contributed by atoms with Gasteiger partial charge in [-0.15, -0.1) is 0 Å². The highest BCUT2D eigenvalue weighted by Crippen LogP contribution is 2.28. The Hall–Kier alpha value is -1.03. The zero-order chi connectivity index (χ0) is 14.4. The highest BCUT2D eigenvalue weighted by molar-refractivity contribution is 9.10. The maximum absolute atomic E-state index is 11.9. The third-order valence-corrected chi connectivity index (χ3v) is 3.71. The zero-order valence-corrected chi connectivity index (χ0v) is 13.7. The Morgan fingerprint density at radius 1 is 1.32 bits per heavy atom. The van der Waals surface area contributed by atoms with Crippen molar-refractivity contribution in [1.29, 1.82) is 0 Å². The van der Waals surface area contributed by atoms with Gasteiger partial charge in [0.25, 0.3) is 5.91 Å². The number of benzene rings is 1. The van der Waals surface area contributed by atoms with Crippen molar-refractivity contribution in [2.24, 2.45) is 0 Å². The lowest BCUT2D eigenvalue weighted by Crippen LogP contribution is -2.34. The average Bonchev–Trinajstić information content (AvgIpc) is 2.38. The molecule has 106 valence electrons. The number of likely N-dealkylation sites (N-methyl/N-ethyl adjacent to an activating group) is 1. The van der Waals surface area contributed by atoms with Crippen molar-refractivity contribution in [2.75, 3.05) is 19.7 Å². The van der Waals surface area contributed by atoms with Gasteiger partial charge in [0.15, 0.2) is 6.61 Å². The Bertz CT molecular complexity index is 428. The highest BCUT2D eigenvalue weighted by atomic mass is 79.9. The van der Waals surface area contributed by atoms with Gasteiger partial charge in [0, 0.05) is 13.1 Å². The molecule has 19 heavy (non-hydrogen) atoms. The number of hydrogen-bond donors (Lipinski definition) is 0. The van der Waals surface area contributed by atoms with Gasteiger partial charge in [0.1, 0.15) is 5.75 Å². The van der Waals surface area contributed by atoms with Crippen molar-refractivity contribution in [3.63, 3.8) is 0 Å². The summed E-state index contributed by atoms with van der Waals surface area (Å²) in [6.07, 6.45) is 0. The predicted octanol–water partition coefficient (Wildman–Crippen LogP) is 3.82. The molecule has 0 aliphatic rings. The molecule has 4 heteroatoms. The Kier molecular flexibility index (Phi) is 6.35. The summed E-state index contributed by atoms with van der Waals surface area (Å²) in [5, 5.41) is 0. The van der Waals surface area contributed by atoms with E-state index in [9.17, 15) is 4.79 Å². The summed E-state index contributed by atoms with van der Waals surface area (Å²) in [5.74, 6) is 1.21. The van der Waals surface area contributed by atoms with E-state index in [0.29, 0.717) is 24.8 Å². The number of hydrogen-bond acceptors (Lipinski definition) is 2. The summed E-state index contributed by atoms with van der Waals surface area (Å²) in [6.45, 7) is 9.74. The van der Waals surface area contributed by atoms with Gasteiger partial charge in [0.05, 0.1) is 4.47 Å². The Labute approximate surface area is 124 Å². The fourth-order valence-corrected chi connectivity index (χ4v) is 2.31. The molecule has 0 aromatic heterocycles. The minimum absolute atomic E-state index is 0.0184. The lowest BCUT2D eigenvalue weighted by atomic mass is 10.0. The van der Waals surface area contributed by atoms with E-state index in [4.69, 9.17) is 4.74 Å². The van der Waals surface area contributed by atoms with Crippen molar-refractivity contribution in [3.05, 3.63) is 28.2 Å². The largest absolute Gasteiger partial charge is 0.483 e. The van der Waals surface area contributed by atoms with Gasteiger partial charge in [-0.1, -0.05) is 19.9 Å². The second-order valence-corrected chi connectivity index (χ2v) is 5.55. The first kappa shape index (κ1) is 16.0. The standard InChI is InChI=1S/C15H22BrNO2/c1-5-17(6-2)15(18)10-19-14-8-7-12(11(3)4)9-13(14)16/h7-9,11H,5-6,10H2,1-4H3. The molecule has 0 aliphatic heterocycles. The monoisotopic (exact) mass is 327 g/mol. The second kappa shape index (κ2) is 7.53. The molecule has 0 heterocycles. The molecule has 0 spiro atoms. The number of nitrogens with zero attached hydrogens (tertiary/aromatic N) is 1. The van der Waals surface area contributed by atoms with Gasteiger partial charge in [0.2, 0.25) is 0 Å². The van der Waals surface area contributed by atoms with Crippen LogP contribution in [0.4, 0.5) is 0 Å². The van der Waals surface area contributed by atoms with Crippen LogP contribution in [0.15, 0.2) is 22.7 Å². The number of halogens is 1. The fraction of sp³-hybridized carbons (Fsp3) is 0.533. The molecular weight excluding hydrogens is 306 g/mol. The summed E-state index contributed by atoms with van der Waals surface area (Å²) in [6, 6.07) is 5.99. The first-order valence-corrected chi connectivity index (χ1v) is 7.48. The van der Waals surface area contributed by atoms with Crippen molar-refractivity contribution >= 4 is 21.8 Å². The average molecular weight is 328 g/mol. The quantitative estimate of drug-likeness (QED) is 0.794. The maximum Gasteiger partial charge on any atom is 0.260 e. The molecule has 0 aliphatic carbocycles. The zero-order valence-electron chi connectivity index (χ0n) is 12.1. The molecule has 1 rings (SSSR count). The first-order chi connectivity index (χ1) is 8.99. The van der Waals surface area contributed by atoms with E-state index < -0.39 is 0 Å². The summed E-state index contributed by atoms with van der Waals surface area (Å²) in [7, 11) is 0. The van der Waals surface area contributed by atoms with Gasteiger partial charge in [-0.25, -0.2) is 0 Å². The van der Waals surface area contributed by atoms with Crippen LogP contribution in [-0.2, 0) is 4.79 Å². The van der Waals surface area contributed by atoms with Crippen LogP contribution >= 0.6 is 15.9 Å². The molecule has 0 N–H and O–H groups in total. The molecule has 0 radical (unpaired) electrons. The Morgan fingerprint density at radius 2 is 1.95 bits per heavy atom. The number of rotatable bonds is 6. The predicted molar refractivity (Wildman–Crippen MR) is 81.7 cm³/mol. The molecule has 0 unspecified atom stereocenters. The Morgan fingerprint density at radius 3 is 2.42 bits per heavy atom. The SMILES string of the molecule is CCN(CC)C(=O)COc1ccc(C(C)C)cc1Br. The van der Waals surface area contributed by atoms with E-state index in [1.54, 1.807) is 4.90 Å². The van der Waals surface area contributed by atoms with Gasteiger partial charge in [-0.2, -0.15) is 0 Å². The minimum Gasteiger partial charge on any atom is -0.483 e. The summed E-state index contributed by atoms with van der Waals surface area (Å²) in [4.78, 5) is 13.6. The first-order valence-electron chi connectivity index (χ1n) is 6.69. The van der Waals surface area contributed by atoms with Crippen LogP contribution in [0.1, 0.15) is 39.2 Å². The van der Waals surface area contributed by atoms with Crippen molar-refractivity contribution in [1.82, 2.24) is 4.90 Å². The molecule has 3 nitrogen and oxygen atoms in total. The van der Waals surface area contributed by atoms with Crippen LogP contribution < -0.4 is 4.74 Å². The molecule has 0 fully saturated rings. The normalized spacial score (nSPS) is 10.6. The van der Waals surface area contributed by atoms with Crippen LogP contribution in [0.25, 0.3) is 0 Å². The lowest BCUT2D eigenvalue weighted by molar-refractivity contribution is -0.132. The third kappa shape index (κ3) is 4.53. The van der Waals surface area contributed by atoms with Gasteiger partial charge in [-0.3, -0.25) is 4.79 Å². The van der Waals surface area contributed by atoms with E-state index in [1.807, 2.05) is 32.0 Å². The topological polar surface area (TPSA) is 29.5 Å². The van der Waals surface area contributed by atoms with Gasteiger partial charge in [-0.05, 0) is 53.4 Å². The van der Waals surface area contributed by atoms with Gasteiger partial charge >= 0.3 is 0 Å². The molecular formula is C15H22BrNO2. The smallest absolute Gasteiger partial charge is 0.260 e. The number of amides is 1. The number of ether oxygens (including phenoxy) is 1. The summed E-state index contributed by atoms with van der Waals surface area (Å²) < 4.78 is 6.47. The van der Waals surface area contributed by atoms with Crippen LogP contribution in [0.5, 0.6) is 5.75 Å². The van der Waals surface area contributed by atoms with E-state index in [0.717, 1.165) is 4.47 Å². The van der Waals surface area contributed by atoms with Crippen LogP contribution in [-0.4, -0.2) is 30.5 Å². The molecule has 0 saturated heterocycles. The summed E-state index contributed by atoms with van der Waals surface area (Å²) in [5.41, 5.74) is 1.24. The van der Waals surface area contributed by atoms with Crippen molar-refractivity contribution < 1.29 is 9.53 Å². The third-order valence-electron chi connectivity index (χ3n) is 3.09. The number of carbonyl (C=O) groups is 1. The highest BCUT2D eigenvalue weighted by Gasteiger charge is 2.11. The van der Waals surface area contributed by atoms with Crippen molar-refractivity contribution in [2.45, 2.75) is 33.6 Å². The Balaban J connectivity index is 2.66.